The zero-order valence-corrected chi connectivity index (χ0v) is 12.4. The molecule has 1 N–H and O–H groups in total. The van der Waals surface area contributed by atoms with Crippen molar-refractivity contribution in [2.75, 3.05) is 0 Å². The second-order valence-electron chi connectivity index (χ2n) is 5.83. The third-order valence-electron chi connectivity index (χ3n) is 2.71. The highest BCUT2D eigenvalue weighted by Crippen LogP contribution is 2.14. The zero-order chi connectivity index (χ0) is 13.6. The first-order valence-corrected chi connectivity index (χ1v) is 10.0. The van der Waals surface area contributed by atoms with Gasteiger partial charge < -0.3 is 5.11 Å². The van der Waals surface area contributed by atoms with Crippen molar-refractivity contribution in [3.63, 3.8) is 0 Å². The predicted molar refractivity (Wildman–Crippen MR) is 78.6 cm³/mol. The maximum Gasteiger partial charge on any atom is 0.310 e. The highest BCUT2D eigenvalue weighted by molar-refractivity contribution is 6.76. The smallest absolute Gasteiger partial charge is 0.310 e. The predicted octanol–water partition coefficient (Wildman–Crippen LogP) is 3.82. The van der Waals surface area contributed by atoms with Crippen molar-refractivity contribution in [1.82, 2.24) is 0 Å². The van der Waals surface area contributed by atoms with E-state index in [1.807, 2.05) is 42.5 Å². The Balaban J connectivity index is 2.64. The molecule has 0 aliphatic heterocycles. The molecule has 1 aromatic rings. The van der Waals surface area contributed by atoms with Crippen LogP contribution < -0.4 is 0 Å². The molecule has 0 fully saturated rings. The molecular weight excluding hydrogens is 240 g/mol. The molecule has 0 unspecified atom stereocenters. The van der Waals surface area contributed by atoms with E-state index in [4.69, 9.17) is 0 Å². The van der Waals surface area contributed by atoms with Crippen LogP contribution in [0.25, 0.3) is 0 Å². The maximum atomic E-state index is 11.2. The number of carbonyl (C=O) groups is 1. The summed E-state index contributed by atoms with van der Waals surface area (Å²) in [4.78, 5) is 11.2. The Morgan fingerprint density at radius 2 is 1.89 bits per heavy atom. The van der Waals surface area contributed by atoms with Crippen LogP contribution in [-0.2, 0) is 11.2 Å². The molecule has 0 saturated carbocycles. The molecule has 1 aromatic carbocycles. The summed E-state index contributed by atoms with van der Waals surface area (Å²) in [6.45, 7) is 6.85. The van der Waals surface area contributed by atoms with Gasteiger partial charge in [0.15, 0.2) is 0 Å². The summed E-state index contributed by atoms with van der Waals surface area (Å²) in [6, 6.07) is 10.8. The van der Waals surface area contributed by atoms with Crippen LogP contribution in [0.15, 0.2) is 42.5 Å². The topological polar surface area (TPSA) is 37.3 Å². The van der Waals surface area contributed by atoms with Gasteiger partial charge >= 0.3 is 5.97 Å². The molecule has 0 spiro atoms. The monoisotopic (exact) mass is 262 g/mol. The Bertz CT molecular complexity index is 404. The molecule has 2 nitrogen and oxygen atoms in total. The van der Waals surface area contributed by atoms with Gasteiger partial charge in [-0.1, -0.05) is 62.1 Å². The van der Waals surface area contributed by atoms with Crippen LogP contribution in [0.4, 0.5) is 0 Å². The summed E-state index contributed by atoms with van der Waals surface area (Å²) < 4.78 is 0. The SMILES string of the molecule is C[Si](C)(C)C/C=C/[C@@H](Cc1ccccc1)C(=O)O. The van der Waals surface area contributed by atoms with Crippen LogP contribution >= 0.6 is 0 Å². The quantitative estimate of drug-likeness (QED) is 0.625. The van der Waals surface area contributed by atoms with Crippen molar-refractivity contribution in [1.29, 1.82) is 0 Å². The normalized spacial score (nSPS) is 13.7. The number of benzene rings is 1. The van der Waals surface area contributed by atoms with Crippen molar-refractivity contribution in [3.8, 4) is 0 Å². The summed E-state index contributed by atoms with van der Waals surface area (Å²) in [6.07, 6.45) is 4.47. The van der Waals surface area contributed by atoms with Crippen molar-refractivity contribution in [2.24, 2.45) is 5.92 Å². The van der Waals surface area contributed by atoms with Gasteiger partial charge in [-0.3, -0.25) is 4.79 Å². The Morgan fingerprint density at radius 3 is 2.39 bits per heavy atom. The lowest BCUT2D eigenvalue weighted by atomic mass is 9.99. The molecule has 0 saturated heterocycles. The fourth-order valence-corrected chi connectivity index (χ4v) is 2.53. The second kappa shape index (κ2) is 6.54. The molecular formula is C15H22O2Si. The number of rotatable bonds is 6. The van der Waals surface area contributed by atoms with E-state index in [1.54, 1.807) is 0 Å². The van der Waals surface area contributed by atoms with Crippen LogP contribution in [-0.4, -0.2) is 19.1 Å². The van der Waals surface area contributed by atoms with E-state index in [9.17, 15) is 9.90 Å². The van der Waals surface area contributed by atoms with Crippen LogP contribution in [0, 0.1) is 5.92 Å². The highest BCUT2D eigenvalue weighted by atomic mass is 28.3. The Morgan fingerprint density at radius 1 is 1.28 bits per heavy atom. The van der Waals surface area contributed by atoms with Crippen LogP contribution in [0.5, 0.6) is 0 Å². The molecule has 0 amide bonds. The van der Waals surface area contributed by atoms with Gasteiger partial charge in [-0.05, 0) is 18.0 Å². The van der Waals surface area contributed by atoms with Crippen LogP contribution in [0.3, 0.4) is 0 Å². The van der Waals surface area contributed by atoms with Gasteiger partial charge in [0.25, 0.3) is 0 Å². The van der Waals surface area contributed by atoms with E-state index in [0.29, 0.717) is 6.42 Å². The van der Waals surface area contributed by atoms with Gasteiger partial charge in [0, 0.05) is 8.07 Å². The number of hydrogen-bond donors (Lipinski definition) is 1. The van der Waals surface area contributed by atoms with Crippen LogP contribution in [0.2, 0.25) is 25.7 Å². The van der Waals surface area contributed by atoms with E-state index < -0.39 is 20.0 Å². The first-order chi connectivity index (χ1) is 8.38. The van der Waals surface area contributed by atoms with E-state index in [-0.39, 0.29) is 0 Å². The lowest BCUT2D eigenvalue weighted by Gasteiger charge is -2.13. The lowest BCUT2D eigenvalue weighted by molar-refractivity contribution is -0.140. The number of carboxylic acids is 1. The van der Waals surface area contributed by atoms with E-state index in [0.717, 1.165) is 11.6 Å². The molecule has 0 aromatic heterocycles. The average Bonchev–Trinajstić information content (AvgIpc) is 2.27. The van der Waals surface area contributed by atoms with Gasteiger partial charge in [-0.15, -0.1) is 0 Å². The number of hydrogen-bond acceptors (Lipinski definition) is 1. The number of allylic oxidation sites excluding steroid dienone is 1. The number of aliphatic carboxylic acids is 1. The summed E-state index contributed by atoms with van der Waals surface area (Å²) in [7, 11) is -1.13. The maximum absolute atomic E-state index is 11.2. The molecule has 0 bridgehead atoms. The molecule has 0 aliphatic rings. The standard InChI is InChI=1S/C15H22O2Si/c1-18(2,3)11-7-10-14(15(16)17)12-13-8-5-4-6-9-13/h4-10,14H,11-12H2,1-3H3,(H,16,17)/b10-7+/t14-/m0/s1. The largest absolute Gasteiger partial charge is 0.481 e. The van der Waals surface area contributed by atoms with Gasteiger partial charge in [-0.2, -0.15) is 0 Å². The summed E-state index contributed by atoms with van der Waals surface area (Å²) in [5.74, 6) is -1.16. The van der Waals surface area contributed by atoms with E-state index >= 15 is 0 Å². The minimum absolute atomic E-state index is 0.413. The van der Waals surface area contributed by atoms with Crippen molar-refractivity contribution in [3.05, 3.63) is 48.0 Å². The number of carboxylic acid groups (broad SMARTS) is 1. The van der Waals surface area contributed by atoms with E-state index in [1.165, 1.54) is 0 Å². The third-order valence-corrected chi connectivity index (χ3v) is 4.17. The van der Waals surface area contributed by atoms with Crippen molar-refractivity contribution < 1.29 is 9.90 Å². The van der Waals surface area contributed by atoms with Gasteiger partial charge in [0.1, 0.15) is 0 Å². The lowest BCUT2D eigenvalue weighted by Crippen LogP contribution is -2.18. The average molecular weight is 262 g/mol. The summed E-state index contributed by atoms with van der Waals surface area (Å²) in [5, 5.41) is 9.22. The van der Waals surface area contributed by atoms with Gasteiger partial charge in [-0.25, -0.2) is 0 Å². The fraction of sp³-hybridized carbons (Fsp3) is 0.400. The summed E-state index contributed by atoms with van der Waals surface area (Å²) in [5.41, 5.74) is 1.07. The minimum Gasteiger partial charge on any atom is -0.481 e. The molecule has 1 rings (SSSR count). The van der Waals surface area contributed by atoms with Gasteiger partial charge in [0.2, 0.25) is 0 Å². The highest BCUT2D eigenvalue weighted by Gasteiger charge is 2.15. The van der Waals surface area contributed by atoms with Gasteiger partial charge in [0.05, 0.1) is 5.92 Å². The fourth-order valence-electron chi connectivity index (χ4n) is 1.69. The van der Waals surface area contributed by atoms with E-state index in [2.05, 4.69) is 19.6 Å². The molecule has 0 aliphatic carbocycles. The molecule has 3 heteroatoms. The van der Waals surface area contributed by atoms with Crippen molar-refractivity contribution in [2.45, 2.75) is 32.1 Å². The molecule has 0 heterocycles. The first kappa shape index (κ1) is 14.7. The molecule has 18 heavy (non-hydrogen) atoms. The zero-order valence-electron chi connectivity index (χ0n) is 11.4. The summed E-state index contributed by atoms with van der Waals surface area (Å²) >= 11 is 0. The Labute approximate surface area is 110 Å². The Hall–Kier alpha value is -1.35. The van der Waals surface area contributed by atoms with Crippen molar-refractivity contribution >= 4 is 14.0 Å². The molecule has 0 radical (unpaired) electrons. The molecule has 1 atom stereocenters. The first-order valence-electron chi connectivity index (χ1n) is 6.32. The molecule has 98 valence electrons. The minimum atomic E-state index is -1.13. The van der Waals surface area contributed by atoms with Crippen LogP contribution in [0.1, 0.15) is 5.56 Å². The third kappa shape index (κ3) is 5.82. The second-order valence-corrected chi connectivity index (χ2v) is 11.4. The Kier molecular flexibility index (Phi) is 5.35.